The molecular weight excluding hydrogens is 185 g/mol. The number of rotatable bonds is 5. The highest BCUT2D eigenvalue weighted by Crippen LogP contribution is 2.32. The maximum Gasteiger partial charge on any atom is 0.411 e. The van der Waals surface area contributed by atoms with Gasteiger partial charge < -0.3 is 4.74 Å². The normalized spacial score (nSPS) is 17.5. The van der Waals surface area contributed by atoms with E-state index >= 15 is 0 Å². The summed E-state index contributed by atoms with van der Waals surface area (Å²) in [6.45, 7) is -1.74. The van der Waals surface area contributed by atoms with Crippen LogP contribution in [0, 0.1) is 5.92 Å². The second kappa shape index (κ2) is 4.09. The molecule has 1 aliphatic rings. The molecule has 0 unspecified atom stereocenters. The molecule has 0 aromatic heterocycles. The van der Waals surface area contributed by atoms with Gasteiger partial charge in [0.25, 0.3) is 0 Å². The molecule has 0 N–H and O–H groups in total. The summed E-state index contributed by atoms with van der Waals surface area (Å²) in [4.78, 5) is 10.9. The highest BCUT2D eigenvalue weighted by molar-refractivity contribution is 5.80. The van der Waals surface area contributed by atoms with Crippen molar-refractivity contribution in [1.29, 1.82) is 0 Å². The fourth-order valence-electron chi connectivity index (χ4n) is 0.983. The van der Waals surface area contributed by atoms with Crippen LogP contribution in [-0.4, -0.2) is 25.2 Å². The third-order valence-electron chi connectivity index (χ3n) is 1.74. The lowest BCUT2D eigenvalue weighted by Crippen LogP contribution is -2.20. The average Bonchev–Trinajstić information content (AvgIpc) is 2.68. The first kappa shape index (κ1) is 10.5. The number of ketones is 1. The van der Waals surface area contributed by atoms with Gasteiger partial charge in [0.1, 0.15) is 13.2 Å². The Morgan fingerprint density at radius 2 is 2.00 bits per heavy atom. The molecule has 76 valence electrons. The minimum atomic E-state index is -4.33. The number of Topliss-reactive ketones (excluding diaryl/α,β-unsaturated/α-hetero) is 1. The van der Waals surface area contributed by atoms with Gasteiger partial charge in [-0.05, 0) is 18.8 Å². The number of hydrogen-bond donors (Lipinski definition) is 0. The predicted molar refractivity (Wildman–Crippen MR) is 39.2 cm³/mol. The van der Waals surface area contributed by atoms with Crippen LogP contribution in [0.2, 0.25) is 0 Å². The lowest BCUT2D eigenvalue weighted by molar-refractivity contribution is -0.175. The lowest BCUT2D eigenvalue weighted by Gasteiger charge is -2.06. The van der Waals surface area contributed by atoms with E-state index in [4.69, 9.17) is 0 Å². The van der Waals surface area contributed by atoms with E-state index in [1.54, 1.807) is 0 Å². The van der Waals surface area contributed by atoms with Gasteiger partial charge >= 0.3 is 6.18 Å². The summed E-state index contributed by atoms with van der Waals surface area (Å²) in [5.41, 5.74) is 0. The van der Waals surface area contributed by atoms with Crippen molar-refractivity contribution in [2.75, 3.05) is 13.2 Å². The Labute approximate surface area is 74.1 Å². The molecule has 0 saturated heterocycles. The van der Waals surface area contributed by atoms with Crippen molar-refractivity contribution in [3.63, 3.8) is 0 Å². The van der Waals surface area contributed by atoms with E-state index in [0.29, 0.717) is 12.3 Å². The van der Waals surface area contributed by atoms with Crippen molar-refractivity contribution in [3.05, 3.63) is 0 Å². The Balaban J connectivity index is 2.01. The number of carbonyl (C=O) groups excluding carboxylic acids is 1. The summed E-state index contributed by atoms with van der Waals surface area (Å²) in [7, 11) is 0. The number of hydrogen-bond acceptors (Lipinski definition) is 2. The molecule has 5 heteroatoms. The molecule has 0 bridgehead atoms. The van der Waals surface area contributed by atoms with Gasteiger partial charge in [-0.3, -0.25) is 4.79 Å². The van der Waals surface area contributed by atoms with E-state index in [1.807, 2.05) is 0 Å². The van der Waals surface area contributed by atoms with Gasteiger partial charge in [0.2, 0.25) is 0 Å². The average molecular weight is 196 g/mol. The minimum Gasteiger partial charge on any atom is -0.364 e. The fraction of sp³-hybridized carbons (Fsp3) is 0.875. The fourth-order valence-corrected chi connectivity index (χ4v) is 0.983. The monoisotopic (exact) mass is 196 g/mol. The molecule has 0 radical (unpaired) electrons. The van der Waals surface area contributed by atoms with Crippen molar-refractivity contribution in [1.82, 2.24) is 0 Å². The minimum absolute atomic E-state index is 0.230. The summed E-state index contributed by atoms with van der Waals surface area (Å²) in [6, 6.07) is 0. The summed E-state index contributed by atoms with van der Waals surface area (Å²) in [5, 5.41) is 0. The molecule has 2 nitrogen and oxygen atoms in total. The van der Waals surface area contributed by atoms with Gasteiger partial charge in [0.15, 0.2) is 5.78 Å². The van der Waals surface area contributed by atoms with E-state index in [0.717, 1.165) is 12.8 Å². The van der Waals surface area contributed by atoms with Gasteiger partial charge in [0, 0.05) is 6.42 Å². The Hall–Kier alpha value is -0.580. The third-order valence-corrected chi connectivity index (χ3v) is 1.74. The zero-order chi connectivity index (χ0) is 9.90. The van der Waals surface area contributed by atoms with E-state index in [-0.39, 0.29) is 5.78 Å². The molecule has 1 aliphatic carbocycles. The van der Waals surface area contributed by atoms with Crippen LogP contribution in [0.1, 0.15) is 19.3 Å². The molecule has 0 aromatic carbocycles. The zero-order valence-corrected chi connectivity index (χ0v) is 7.06. The zero-order valence-electron chi connectivity index (χ0n) is 7.06. The van der Waals surface area contributed by atoms with Gasteiger partial charge in [-0.15, -0.1) is 0 Å². The molecule has 0 spiro atoms. The number of ether oxygens (including phenoxy) is 1. The van der Waals surface area contributed by atoms with E-state index in [2.05, 4.69) is 4.74 Å². The maximum atomic E-state index is 11.5. The maximum absolute atomic E-state index is 11.5. The third kappa shape index (κ3) is 5.63. The number of alkyl halides is 3. The van der Waals surface area contributed by atoms with Gasteiger partial charge in [0.05, 0.1) is 0 Å². The molecule has 1 fully saturated rings. The Morgan fingerprint density at radius 3 is 2.46 bits per heavy atom. The molecule has 0 aliphatic heterocycles. The molecule has 0 atom stereocenters. The van der Waals surface area contributed by atoms with Crippen molar-refractivity contribution in [2.24, 2.45) is 5.92 Å². The van der Waals surface area contributed by atoms with Crippen LogP contribution in [0.25, 0.3) is 0 Å². The van der Waals surface area contributed by atoms with Crippen LogP contribution in [0.3, 0.4) is 0 Å². The van der Waals surface area contributed by atoms with Crippen LogP contribution in [-0.2, 0) is 9.53 Å². The van der Waals surface area contributed by atoms with Crippen LogP contribution >= 0.6 is 0 Å². The van der Waals surface area contributed by atoms with Gasteiger partial charge in [-0.2, -0.15) is 13.2 Å². The first-order chi connectivity index (χ1) is 5.97. The molecule has 1 saturated carbocycles. The van der Waals surface area contributed by atoms with Crippen molar-refractivity contribution >= 4 is 5.78 Å². The van der Waals surface area contributed by atoms with E-state index in [1.165, 1.54) is 0 Å². The topological polar surface area (TPSA) is 26.3 Å². The van der Waals surface area contributed by atoms with Crippen LogP contribution in [0.5, 0.6) is 0 Å². The number of carbonyl (C=O) groups is 1. The molecule has 0 aromatic rings. The standard InChI is InChI=1S/C8H11F3O2/c9-8(10,11)5-13-4-7(12)3-6-1-2-6/h6H,1-5H2. The van der Waals surface area contributed by atoms with Crippen LogP contribution < -0.4 is 0 Å². The summed E-state index contributed by atoms with van der Waals surface area (Å²) < 4.78 is 38.8. The highest BCUT2D eigenvalue weighted by Gasteiger charge is 2.29. The summed E-state index contributed by atoms with van der Waals surface area (Å²) in [6.07, 6.45) is -1.92. The second-order valence-electron chi connectivity index (χ2n) is 3.29. The first-order valence-electron chi connectivity index (χ1n) is 4.13. The summed E-state index contributed by atoms with van der Waals surface area (Å²) >= 11 is 0. The summed E-state index contributed by atoms with van der Waals surface area (Å²) in [5.74, 6) is 0.175. The predicted octanol–water partition coefficient (Wildman–Crippen LogP) is 1.93. The molecule has 1 rings (SSSR count). The Morgan fingerprint density at radius 1 is 1.38 bits per heavy atom. The quantitative estimate of drug-likeness (QED) is 0.671. The van der Waals surface area contributed by atoms with Gasteiger partial charge in [-0.25, -0.2) is 0 Å². The largest absolute Gasteiger partial charge is 0.411 e. The SMILES string of the molecule is O=C(COCC(F)(F)F)CC1CC1. The van der Waals surface area contributed by atoms with Gasteiger partial charge in [-0.1, -0.05) is 0 Å². The number of halogens is 3. The molecule has 13 heavy (non-hydrogen) atoms. The van der Waals surface area contributed by atoms with Crippen molar-refractivity contribution in [3.8, 4) is 0 Å². The van der Waals surface area contributed by atoms with Crippen molar-refractivity contribution in [2.45, 2.75) is 25.4 Å². The smallest absolute Gasteiger partial charge is 0.364 e. The molecule has 0 heterocycles. The first-order valence-corrected chi connectivity index (χ1v) is 4.13. The molecular formula is C8H11F3O2. The van der Waals surface area contributed by atoms with Crippen LogP contribution in [0.15, 0.2) is 0 Å². The Bertz CT molecular complexity index is 184. The lowest BCUT2D eigenvalue weighted by atomic mass is 10.2. The molecule has 0 amide bonds. The van der Waals surface area contributed by atoms with Crippen LogP contribution in [0.4, 0.5) is 13.2 Å². The van der Waals surface area contributed by atoms with E-state index < -0.39 is 19.4 Å². The van der Waals surface area contributed by atoms with E-state index in [9.17, 15) is 18.0 Å². The highest BCUT2D eigenvalue weighted by atomic mass is 19.4. The van der Waals surface area contributed by atoms with Crippen molar-refractivity contribution < 1.29 is 22.7 Å². The Kier molecular flexibility index (Phi) is 3.30. The second-order valence-corrected chi connectivity index (χ2v) is 3.29.